The van der Waals surface area contributed by atoms with Gasteiger partial charge in [0.15, 0.2) is 5.13 Å². The molecule has 3 aromatic carbocycles. The largest absolute Gasteiger partial charge is 0.298 e. The highest BCUT2D eigenvalue weighted by Crippen LogP contribution is 2.29. The molecule has 1 aliphatic rings. The Morgan fingerprint density at radius 1 is 0.906 bits per heavy atom. The summed E-state index contributed by atoms with van der Waals surface area (Å²) in [5.74, 6) is -1.16. The predicted octanol–water partition coefficient (Wildman–Crippen LogP) is 5.17. The Morgan fingerprint density at radius 2 is 1.59 bits per heavy atom. The second-order valence-corrected chi connectivity index (χ2v) is 8.26. The van der Waals surface area contributed by atoms with E-state index >= 15 is 0 Å². The number of amides is 3. The van der Waals surface area contributed by atoms with Crippen molar-refractivity contribution in [2.45, 2.75) is 6.92 Å². The molecule has 0 atom stereocenters. The fourth-order valence-electron chi connectivity index (χ4n) is 3.57. The average Bonchev–Trinajstić information content (AvgIpc) is 3.37. The van der Waals surface area contributed by atoms with E-state index in [0.29, 0.717) is 27.5 Å². The molecular weight excluding hydrogens is 422 g/mol. The van der Waals surface area contributed by atoms with Crippen molar-refractivity contribution >= 4 is 39.9 Å². The number of rotatable bonds is 4. The van der Waals surface area contributed by atoms with Gasteiger partial charge in [-0.1, -0.05) is 48.0 Å². The van der Waals surface area contributed by atoms with Crippen LogP contribution < -0.4 is 10.2 Å². The molecule has 1 aromatic heterocycles. The van der Waals surface area contributed by atoms with Crippen LogP contribution in [-0.2, 0) is 0 Å². The smallest absolute Gasteiger partial charge is 0.266 e. The summed E-state index contributed by atoms with van der Waals surface area (Å²) in [7, 11) is 0. The Labute approximate surface area is 188 Å². The topological polar surface area (TPSA) is 79.4 Å². The quantitative estimate of drug-likeness (QED) is 0.445. The van der Waals surface area contributed by atoms with Crippen molar-refractivity contribution in [3.63, 3.8) is 0 Å². The number of carbonyl (C=O) groups is 3. The van der Waals surface area contributed by atoms with Crippen LogP contribution in [0.2, 0.25) is 0 Å². The molecule has 0 spiro atoms. The molecule has 5 rings (SSSR count). The first kappa shape index (κ1) is 19.8. The lowest BCUT2D eigenvalue weighted by atomic mass is 10.1. The number of aryl methyl sites for hydroxylation is 1. The SMILES string of the molecule is Cc1ccc(-c2csc(NC(=O)c3cccc(N4C(=O)c5ccccc5C4=O)c3)n2)cc1. The number of hydrogen-bond acceptors (Lipinski definition) is 5. The van der Waals surface area contributed by atoms with E-state index in [4.69, 9.17) is 0 Å². The van der Waals surface area contributed by atoms with Crippen LogP contribution >= 0.6 is 11.3 Å². The maximum atomic E-state index is 12.8. The summed E-state index contributed by atoms with van der Waals surface area (Å²) in [4.78, 5) is 43.9. The molecule has 6 nitrogen and oxygen atoms in total. The van der Waals surface area contributed by atoms with Crippen LogP contribution in [0.4, 0.5) is 10.8 Å². The minimum Gasteiger partial charge on any atom is -0.298 e. The van der Waals surface area contributed by atoms with Gasteiger partial charge in [0.05, 0.1) is 22.5 Å². The first-order valence-electron chi connectivity index (χ1n) is 9.93. The molecule has 0 bridgehead atoms. The van der Waals surface area contributed by atoms with Gasteiger partial charge >= 0.3 is 0 Å². The van der Waals surface area contributed by atoms with Gasteiger partial charge in [-0.05, 0) is 37.3 Å². The predicted molar refractivity (Wildman–Crippen MR) is 124 cm³/mol. The van der Waals surface area contributed by atoms with Gasteiger partial charge in [0.25, 0.3) is 17.7 Å². The fourth-order valence-corrected chi connectivity index (χ4v) is 4.28. The van der Waals surface area contributed by atoms with E-state index in [9.17, 15) is 14.4 Å². The molecule has 0 radical (unpaired) electrons. The molecule has 3 amide bonds. The molecule has 0 saturated carbocycles. The number of fused-ring (bicyclic) bond motifs is 1. The molecule has 0 unspecified atom stereocenters. The first-order valence-corrected chi connectivity index (χ1v) is 10.8. The Hall–Kier alpha value is -4.10. The Morgan fingerprint density at radius 3 is 2.28 bits per heavy atom. The minimum absolute atomic E-state index is 0.325. The Balaban J connectivity index is 1.36. The zero-order chi connectivity index (χ0) is 22.2. The van der Waals surface area contributed by atoms with Gasteiger partial charge in [-0.15, -0.1) is 11.3 Å². The second kappa shape index (κ2) is 7.86. The second-order valence-electron chi connectivity index (χ2n) is 7.40. The van der Waals surface area contributed by atoms with E-state index in [2.05, 4.69) is 10.3 Å². The average molecular weight is 439 g/mol. The van der Waals surface area contributed by atoms with Crippen LogP contribution in [0.1, 0.15) is 36.6 Å². The van der Waals surface area contributed by atoms with Crippen molar-refractivity contribution in [2.75, 3.05) is 10.2 Å². The lowest BCUT2D eigenvalue weighted by molar-refractivity contribution is 0.0924. The third-order valence-corrected chi connectivity index (χ3v) is 5.99. The van der Waals surface area contributed by atoms with E-state index in [-0.39, 0.29) is 5.91 Å². The molecule has 0 fully saturated rings. The van der Waals surface area contributed by atoms with Gasteiger partial charge in [0.1, 0.15) is 0 Å². The highest BCUT2D eigenvalue weighted by Gasteiger charge is 2.36. The number of aromatic nitrogens is 1. The number of imide groups is 1. The van der Waals surface area contributed by atoms with E-state index in [1.165, 1.54) is 17.4 Å². The van der Waals surface area contributed by atoms with E-state index in [1.54, 1.807) is 42.5 Å². The maximum absolute atomic E-state index is 12.8. The number of nitrogens with zero attached hydrogens (tertiary/aromatic N) is 2. The van der Waals surface area contributed by atoms with Gasteiger partial charge in [-0.2, -0.15) is 0 Å². The lowest BCUT2D eigenvalue weighted by Gasteiger charge is -2.14. The third kappa shape index (κ3) is 3.48. The molecule has 4 aromatic rings. The van der Waals surface area contributed by atoms with Crippen LogP contribution in [0.25, 0.3) is 11.3 Å². The molecule has 0 saturated heterocycles. The normalized spacial score (nSPS) is 12.7. The van der Waals surface area contributed by atoms with Crippen LogP contribution in [0.15, 0.2) is 78.2 Å². The van der Waals surface area contributed by atoms with E-state index in [1.807, 2.05) is 36.6 Å². The van der Waals surface area contributed by atoms with Gasteiger partial charge in [0, 0.05) is 16.5 Å². The van der Waals surface area contributed by atoms with Crippen molar-refractivity contribution in [3.05, 3.63) is 100 Å². The molecule has 1 aliphatic heterocycles. The van der Waals surface area contributed by atoms with Gasteiger partial charge in [0.2, 0.25) is 0 Å². The molecular formula is C25H17N3O3S. The van der Waals surface area contributed by atoms with Crippen molar-refractivity contribution < 1.29 is 14.4 Å². The van der Waals surface area contributed by atoms with Crippen LogP contribution in [0.5, 0.6) is 0 Å². The minimum atomic E-state index is -0.397. The number of thiazole rings is 1. The van der Waals surface area contributed by atoms with Crippen LogP contribution in [0.3, 0.4) is 0 Å². The number of benzene rings is 3. The standard InChI is InChI=1S/C25H17N3O3S/c1-15-9-11-16(12-10-15)21-14-32-25(26-21)27-22(29)17-5-4-6-18(13-17)28-23(30)19-7-2-3-8-20(19)24(28)31/h2-14H,1H3,(H,26,27,29). The summed E-state index contributed by atoms with van der Waals surface area (Å²) < 4.78 is 0. The van der Waals surface area contributed by atoms with Gasteiger partial charge < -0.3 is 0 Å². The Kier molecular flexibility index (Phi) is 4.88. The maximum Gasteiger partial charge on any atom is 0.266 e. The zero-order valence-corrected chi connectivity index (χ0v) is 17.8. The Bertz CT molecular complexity index is 1340. The summed E-state index contributed by atoms with van der Waals surface area (Å²) in [6, 6.07) is 21.1. The van der Waals surface area contributed by atoms with Gasteiger partial charge in [-0.25, -0.2) is 9.88 Å². The molecule has 156 valence electrons. The fraction of sp³-hybridized carbons (Fsp3) is 0.0400. The highest BCUT2D eigenvalue weighted by atomic mass is 32.1. The first-order chi connectivity index (χ1) is 15.5. The van der Waals surface area contributed by atoms with E-state index < -0.39 is 11.8 Å². The number of hydrogen-bond donors (Lipinski definition) is 1. The summed E-state index contributed by atoms with van der Waals surface area (Å²) in [6.45, 7) is 2.02. The summed E-state index contributed by atoms with van der Waals surface area (Å²) in [5.41, 5.74) is 4.31. The highest BCUT2D eigenvalue weighted by molar-refractivity contribution is 7.14. The lowest BCUT2D eigenvalue weighted by Crippen LogP contribution is -2.29. The molecule has 2 heterocycles. The zero-order valence-electron chi connectivity index (χ0n) is 17.0. The molecule has 7 heteroatoms. The number of carbonyl (C=O) groups excluding carboxylic acids is 3. The van der Waals surface area contributed by atoms with Crippen LogP contribution in [0, 0.1) is 6.92 Å². The van der Waals surface area contributed by atoms with Crippen molar-refractivity contribution in [1.29, 1.82) is 0 Å². The van der Waals surface area contributed by atoms with Crippen molar-refractivity contribution in [2.24, 2.45) is 0 Å². The molecule has 0 aliphatic carbocycles. The molecule has 1 N–H and O–H groups in total. The van der Waals surface area contributed by atoms with Crippen molar-refractivity contribution in [1.82, 2.24) is 4.98 Å². The number of nitrogens with one attached hydrogen (secondary N) is 1. The summed E-state index contributed by atoms with van der Waals surface area (Å²) >= 11 is 1.33. The monoisotopic (exact) mass is 439 g/mol. The van der Waals surface area contributed by atoms with Gasteiger partial charge in [-0.3, -0.25) is 19.7 Å². The van der Waals surface area contributed by atoms with Crippen molar-refractivity contribution in [3.8, 4) is 11.3 Å². The third-order valence-electron chi connectivity index (χ3n) is 5.23. The van der Waals surface area contributed by atoms with E-state index in [0.717, 1.165) is 21.7 Å². The molecule has 32 heavy (non-hydrogen) atoms. The summed E-state index contributed by atoms with van der Waals surface area (Å²) in [5, 5.41) is 5.15. The summed E-state index contributed by atoms with van der Waals surface area (Å²) in [6.07, 6.45) is 0. The van der Waals surface area contributed by atoms with Crippen LogP contribution in [-0.4, -0.2) is 22.7 Å². The number of anilines is 2.